The molecule has 0 saturated heterocycles. The smallest absolute Gasteiger partial charge is 0.178 e. The molecule has 4 heteroatoms. The summed E-state index contributed by atoms with van der Waals surface area (Å²) in [5.41, 5.74) is 2.42. The number of hydrogen-bond acceptors (Lipinski definition) is 2. The van der Waals surface area contributed by atoms with Crippen molar-refractivity contribution in [3.05, 3.63) is 23.0 Å². The van der Waals surface area contributed by atoms with Crippen LogP contribution < -0.4 is 4.74 Å². The van der Waals surface area contributed by atoms with Gasteiger partial charge in [0.05, 0.1) is 11.6 Å². The number of aromatic nitrogens is 2. The Bertz CT molecular complexity index is 647. The van der Waals surface area contributed by atoms with Crippen molar-refractivity contribution in [3.63, 3.8) is 0 Å². The van der Waals surface area contributed by atoms with Gasteiger partial charge in [-0.05, 0) is 50.0 Å². The van der Waals surface area contributed by atoms with Crippen molar-refractivity contribution in [3.8, 4) is 5.75 Å². The fraction of sp³-hybridized carbons (Fsp3) is 0.562. The molecule has 0 aliphatic heterocycles. The van der Waals surface area contributed by atoms with E-state index in [0.717, 1.165) is 34.5 Å². The van der Waals surface area contributed by atoms with E-state index in [1.807, 2.05) is 26.0 Å². The van der Waals surface area contributed by atoms with Crippen LogP contribution in [0.4, 0.5) is 0 Å². The molecule has 0 aliphatic carbocycles. The summed E-state index contributed by atoms with van der Waals surface area (Å²) in [7, 11) is 0. The van der Waals surface area contributed by atoms with E-state index in [2.05, 4.69) is 36.4 Å². The van der Waals surface area contributed by atoms with Gasteiger partial charge in [0.1, 0.15) is 11.3 Å². The molecule has 1 aromatic carbocycles. The van der Waals surface area contributed by atoms with Crippen LogP contribution in [-0.2, 0) is 6.54 Å². The van der Waals surface area contributed by atoms with Crippen LogP contribution in [0, 0.1) is 10.2 Å². The zero-order chi connectivity index (χ0) is 14.9. The van der Waals surface area contributed by atoms with E-state index >= 15 is 0 Å². The Morgan fingerprint density at radius 3 is 2.60 bits per heavy atom. The molecular weight excluding hydrogens is 268 g/mol. The van der Waals surface area contributed by atoms with Gasteiger partial charge >= 0.3 is 0 Å². The molecule has 20 heavy (non-hydrogen) atoms. The van der Waals surface area contributed by atoms with Gasteiger partial charge in [-0.1, -0.05) is 26.8 Å². The fourth-order valence-corrected chi connectivity index (χ4v) is 2.47. The van der Waals surface area contributed by atoms with Gasteiger partial charge in [-0.3, -0.25) is 0 Å². The summed E-state index contributed by atoms with van der Waals surface area (Å²) in [6.45, 7) is 11.7. The predicted octanol–water partition coefficient (Wildman–Crippen LogP) is 4.92. The lowest BCUT2D eigenvalue weighted by atomic mass is 9.92. The summed E-state index contributed by atoms with van der Waals surface area (Å²) in [4.78, 5) is 3.29. The summed E-state index contributed by atoms with van der Waals surface area (Å²) < 4.78 is 8.79. The van der Waals surface area contributed by atoms with Crippen LogP contribution in [0.2, 0.25) is 0 Å². The van der Waals surface area contributed by atoms with Crippen molar-refractivity contribution in [2.45, 2.75) is 53.7 Å². The number of para-hydroxylation sites is 1. The van der Waals surface area contributed by atoms with Crippen LogP contribution in [0.25, 0.3) is 11.0 Å². The fourth-order valence-electron chi connectivity index (χ4n) is 2.18. The molecule has 1 aromatic heterocycles. The molecule has 3 nitrogen and oxygen atoms in total. The third-order valence-corrected chi connectivity index (χ3v) is 3.54. The minimum absolute atomic E-state index is 0.153. The third kappa shape index (κ3) is 3.42. The molecule has 2 aromatic rings. The van der Waals surface area contributed by atoms with Crippen molar-refractivity contribution in [2.24, 2.45) is 5.41 Å². The molecule has 2 rings (SSSR count). The topological polar surface area (TPSA) is 29.9 Å². The van der Waals surface area contributed by atoms with Crippen LogP contribution in [0.3, 0.4) is 0 Å². The minimum atomic E-state index is 0.153. The van der Waals surface area contributed by atoms with Crippen LogP contribution in [-0.4, -0.2) is 15.7 Å². The Kier molecular flexibility index (Phi) is 4.23. The van der Waals surface area contributed by atoms with Gasteiger partial charge < -0.3 is 14.3 Å². The number of rotatable bonds is 4. The molecule has 0 fully saturated rings. The summed E-state index contributed by atoms with van der Waals surface area (Å²) in [5.74, 6) is 0.873. The molecule has 0 aliphatic rings. The maximum absolute atomic E-state index is 5.85. The Balaban J connectivity index is 2.42. The summed E-state index contributed by atoms with van der Waals surface area (Å²) in [6.07, 6.45) is 1.24. The van der Waals surface area contributed by atoms with Crippen LogP contribution in [0.15, 0.2) is 18.2 Å². The van der Waals surface area contributed by atoms with Crippen molar-refractivity contribution < 1.29 is 4.74 Å². The first-order chi connectivity index (χ1) is 9.28. The normalized spacial score (nSPS) is 12.3. The first kappa shape index (κ1) is 15.1. The summed E-state index contributed by atoms with van der Waals surface area (Å²) >= 11 is 5.47. The number of ether oxygens (including phenoxy) is 1. The highest BCUT2D eigenvalue weighted by atomic mass is 32.1. The average molecular weight is 292 g/mol. The molecule has 0 radical (unpaired) electrons. The zero-order valence-electron chi connectivity index (χ0n) is 13.0. The average Bonchev–Trinajstić information content (AvgIpc) is 2.62. The van der Waals surface area contributed by atoms with Crippen molar-refractivity contribution in [1.29, 1.82) is 0 Å². The van der Waals surface area contributed by atoms with Gasteiger partial charge in [0.2, 0.25) is 0 Å². The minimum Gasteiger partial charge on any atom is -0.489 e. The first-order valence-electron chi connectivity index (χ1n) is 7.16. The molecule has 1 heterocycles. The number of imidazole rings is 1. The standard InChI is InChI=1S/C16H24N2OS/c1-11(2)19-13-8-6-7-12-14(13)17-15(20)18(12)10-9-16(3,4)5/h6-8,11H,9-10H2,1-5H3,(H,17,20). The highest BCUT2D eigenvalue weighted by Gasteiger charge is 2.14. The van der Waals surface area contributed by atoms with Gasteiger partial charge in [0.25, 0.3) is 0 Å². The number of nitrogens with one attached hydrogen (secondary N) is 1. The lowest BCUT2D eigenvalue weighted by Gasteiger charge is -2.18. The third-order valence-electron chi connectivity index (χ3n) is 3.22. The maximum atomic E-state index is 5.85. The van der Waals surface area contributed by atoms with Gasteiger partial charge in [-0.25, -0.2) is 0 Å². The van der Waals surface area contributed by atoms with E-state index in [-0.39, 0.29) is 6.10 Å². The van der Waals surface area contributed by atoms with E-state index in [9.17, 15) is 0 Å². The number of aryl methyl sites for hydroxylation is 1. The van der Waals surface area contributed by atoms with E-state index in [1.54, 1.807) is 0 Å². The molecule has 0 spiro atoms. The van der Waals surface area contributed by atoms with E-state index in [1.165, 1.54) is 0 Å². The monoisotopic (exact) mass is 292 g/mol. The Morgan fingerprint density at radius 1 is 1.30 bits per heavy atom. The number of aromatic amines is 1. The quantitative estimate of drug-likeness (QED) is 0.810. The number of fused-ring (bicyclic) bond motifs is 1. The maximum Gasteiger partial charge on any atom is 0.178 e. The number of H-pyrrole nitrogens is 1. The second kappa shape index (κ2) is 5.60. The van der Waals surface area contributed by atoms with Crippen LogP contribution in [0.1, 0.15) is 41.0 Å². The van der Waals surface area contributed by atoms with Gasteiger partial charge in [-0.2, -0.15) is 0 Å². The molecule has 0 atom stereocenters. The highest BCUT2D eigenvalue weighted by molar-refractivity contribution is 7.71. The number of benzene rings is 1. The largest absolute Gasteiger partial charge is 0.489 e. The molecule has 1 N–H and O–H groups in total. The Morgan fingerprint density at radius 2 is 2.00 bits per heavy atom. The summed E-state index contributed by atoms with van der Waals surface area (Å²) in [5, 5.41) is 0. The van der Waals surface area contributed by atoms with E-state index in [4.69, 9.17) is 17.0 Å². The van der Waals surface area contributed by atoms with Crippen molar-refractivity contribution in [1.82, 2.24) is 9.55 Å². The lowest BCUT2D eigenvalue weighted by molar-refractivity contribution is 0.245. The first-order valence-corrected chi connectivity index (χ1v) is 7.57. The summed E-state index contributed by atoms with van der Waals surface area (Å²) in [6, 6.07) is 6.11. The SMILES string of the molecule is CC(C)Oc1cccc2c1[nH]c(=S)n2CCC(C)(C)C. The Hall–Kier alpha value is -1.29. The number of hydrogen-bond donors (Lipinski definition) is 1. The molecule has 0 bridgehead atoms. The zero-order valence-corrected chi connectivity index (χ0v) is 13.8. The molecule has 0 amide bonds. The lowest BCUT2D eigenvalue weighted by Crippen LogP contribution is -2.10. The van der Waals surface area contributed by atoms with Crippen LogP contribution in [0.5, 0.6) is 5.75 Å². The Labute approximate surface area is 126 Å². The van der Waals surface area contributed by atoms with E-state index in [0.29, 0.717) is 5.41 Å². The van der Waals surface area contributed by atoms with Crippen molar-refractivity contribution >= 4 is 23.3 Å². The second-order valence-corrected chi connectivity index (χ2v) is 7.10. The van der Waals surface area contributed by atoms with Crippen LogP contribution >= 0.6 is 12.2 Å². The van der Waals surface area contributed by atoms with Gasteiger partial charge in [0, 0.05) is 6.54 Å². The predicted molar refractivity (Wildman–Crippen MR) is 87.0 cm³/mol. The van der Waals surface area contributed by atoms with E-state index < -0.39 is 0 Å². The molecule has 0 unspecified atom stereocenters. The van der Waals surface area contributed by atoms with Gasteiger partial charge in [0.15, 0.2) is 4.77 Å². The molecule has 0 saturated carbocycles. The van der Waals surface area contributed by atoms with Gasteiger partial charge in [-0.15, -0.1) is 0 Å². The number of nitrogens with zero attached hydrogens (tertiary/aromatic N) is 1. The molecule has 110 valence electrons. The van der Waals surface area contributed by atoms with Crippen molar-refractivity contribution in [2.75, 3.05) is 0 Å². The second-order valence-electron chi connectivity index (χ2n) is 6.71. The highest BCUT2D eigenvalue weighted by Crippen LogP contribution is 2.27. The molecular formula is C16H24N2OS.